The zero-order valence-electron chi connectivity index (χ0n) is 9.83. The molecule has 18 heavy (non-hydrogen) atoms. The summed E-state index contributed by atoms with van der Waals surface area (Å²) in [5.74, 6) is 0.438. The van der Waals surface area contributed by atoms with Gasteiger partial charge in [-0.2, -0.15) is 0 Å². The van der Waals surface area contributed by atoms with Gasteiger partial charge in [0.25, 0.3) is 0 Å². The number of allylic oxidation sites excluding steroid dienone is 2. The van der Waals surface area contributed by atoms with E-state index in [1.165, 1.54) is 11.3 Å². The first-order chi connectivity index (χ1) is 8.79. The van der Waals surface area contributed by atoms with Crippen LogP contribution in [0.25, 0.3) is 0 Å². The minimum atomic E-state index is -0.210. The number of aromatic nitrogens is 1. The van der Waals surface area contributed by atoms with E-state index in [0.717, 1.165) is 0 Å². The second-order valence-corrected chi connectivity index (χ2v) is 4.63. The number of amides is 1. The van der Waals surface area contributed by atoms with Crippen LogP contribution in [0.3, 0.4) is 0 Å². The molecule has 94 valence electrons. The number of hydrogen-bond donors (Lipinski definition) is 1. The van der Waals surface area contributed by atoms with Crippen molar-refractivity contribution in [3.05, 3.63) is 48.2 Å². The molecular weight excluding hydrogens is 248 g/mol. The van der Waals surface area contributed by atoms with Crippen LogP contribution in [0.4, 0.5) is 5.13 Å². The van der Waals surface area contributed by atoms with Gasteiger partial charge < -0.3 is 10.1 Å². The average molecular weight is 262 g/mol. The number of hydrogen-bond acceptors (Lipinski definition) is 4. The maximum Gasteiger partial charge on any atom is 0.233 e. The van der Waals surface area contributed by atoms with E-state index in [-0.39, 0.29) is 11.8 Å². The number of nitrogens with one attached hydrogen (secondary N) is 1. The summed E-state index contributed by atoms with van der Waals surface area (Å²) in [5.41, 5.74) is 0. The van der Waals surface area contributed by atoms with E-state index in [0.29, 0.717) is 23.9 Å². The number of thiazole rings is 1. The average Bonchev–Trinajstić information content (AvgIpc) is 2.89. The predicted octanol–water partition coefficient (Wildman–Crippen LogP) is 2.74. The van der Waals surface area contributed by atoms with Gasteiger partial charge in [0.2, 0.25) is 5.91 Å². The molecule has 0 aromatic carbocycles. The minimum absolute atomic E-state index is 0.0611. The third-order valence-corrected chi connectivity index (χ3v) is 3.09. The van der Waals surface area contributed by atoms with Gasteiger partial charge in [-0.25, -0.2) is 4.98 Å². The number of carbonyl (C=O) groups is 1. The Hall–Kier alpha value is -1.88. The molecule has 0 saturated heterocycles. The minimum Gasteiger partial charge on any atom is -0.490 e. The Morgan fingerprint density at radius 3 is 3.33 bits per heavy atom. The van der Waals surface area contributed by atoms with Crippen molar-refractivity contribution in [2.24, 2.45) is 5.92 Å². The van der Waals surface area contributed by atoms with Crippen molar-refractivity contribution in [2.45, 2.75) is 6.42 Å². The zero-order chi connectivity index (χ0) is 12.8. The quantitative estimate of drug-likeness (QED) is 0.830. The lowest BCUT2D eigenvalue weighted by Crippen LogP contribution is -2.22. The van der Waals surface area contributed by atoms with Crippen molar-refractivity contribution in [1.82, 2.24) is 4.98 Å². The van der Waals surface area contributed by atoms with E-state index in [2.05, 4.69) is 16.9 Å². The molecule has 1 N–H and O–H groups in total. The number of anilines is 1. The Balaban J connectivity index is 1.96. The van der Waals surface area contributed by atoms with E-state index >= 15 is 0 Å². The van der Waals surface area contributed by atoms with E-state index in [4.69, 9.17) is 4.74 Å². The second-order valence-electron chi connectivity index (χ2n) is 3.74. The molecule has 0 radical (unpaired) electrons. The lowest BCUT2D eigenvalue weighted by atomic mass is 9.99. The van der Waals surface area contributed by atoms with Crippen LogP contribution in [-0.4, -0.2) is 17.5 Å². The van der Waals surface area contributed by atoms with Crippen LogP contribution in [0.2, 0.25) is 0 Å². The molecule has 1 aliphatic carbocycles. The maximum absolute atomic E-state index is 12.0. The highest BCUT2D eigenvalue weighted by atomic mass is 32.1. The third kappa shape index (κ3) is 3.30. The van der Waals surface area contributed by atoms with Gasteiger partial charge in [-0.15, -0.1) is 11.3 Å². The highest BCUT2D eigenvalue weighted by molar-refractivity contribution is 7.13. The highest BCUT2D eigenvalue weighted by Gasteiger charge is 2.19. The molecule has 5 heteroatoms. The van der Waals surface area contributed by atoms with Gasteiger partial charge >= 0.3 is 0 Å². The Morgan fingerprint density at radius 2 is 2.61 bits per heavy atom. The fourth-order valence-electron chi connectivity index (χ4n) is 1.57. The summed E-state index contributed by atoms with van der Waals surface area (Å²) in [6, 6.07) is 0. The van der Waals surface area contributed by atoms with Crippen molar-refractivity contribution < 1.29 is 9.53 Å². The van der Waals surface area contributed by atoms with E-state index < -0.39 is 0 Å². The van der Waals surface area contributed by atoms with Gasteiger partial charge in [-0.3, -0.25) is 4.79 Å². The van der Waals surface area contributed by atoms with Crippen LogP contribution < -0.4 is 5.32 Å². The fourth-order valence-corrected chi connectivity index (χ4v) is 2.10. The molecule has 1 aromatic heterocycles. The fraction of sp³-hybridized carbons (Fsp3) is 0.231. The van der Waals surface area contributed by atoms with Crippen molar-refractivity contribution in [3.63, 3.8) is 0 Å². The molecule has 0 bridgehead atoms. The SMILES string of the molecule is C=CCOC1=CC(C(=O)Nc2nccs2)CC=C1. The smallest absolute Gasteiger partial charge is 0.233 e. The summed E-state index contributed by atoms with van der Waals surface area (Å²) in [4.78, 5) is 16.0. The largest absolute Gasteiger partial charge is 0.490 e. The molecule has 4 nitrogen and oxygen atoms in total. The molecule has 0 fully saturated rings. The van der Waals surface area contributed by atoms with Crippen molar-refractivity contribution in [1.29, 1.82) is 0 Å². The van der Waals surface area contributed by atoms with Gasteiger partial charge in [0.05, 0.1) is 5.92 Å². The van der Waals surface area contributed by atoms with E-state index in [1.807, 2.05) is 23.6 Å². The Kier molecular flexibility index (Phi) is 4.30. The van der Waals surface area contributed by atoms with Gasteiger partial charge in [-0.1, -0.05) is 18.7 Å². The molecule has 0 spiro atoms. The summed E-state index contributed by atoms with van der Waals surface area (Å²) in [6.45, 7) is 4.03. The summed E-state index contributed by atoms with van der Waals surface area (Å²) in [7, 11) is 0. The lowest BCUT2D eigenvalue weighted by molar-refractivity contribution is -0.118. The second kappa shape index (κ2) is 6.16. The van der Waals surface area contributed by atoms with E-state index in [9.17, 15) is 4.79 Å². The first-order valence-electron chi connectivity index (χ1n) is 5.62. The Morgan fingerprint density at radius 1 is 1.72 bits per heavy atom. The van der Waals surface area contributed by atoms with Crippen LogP contribution in [0.15, 0.2) is 48.2 Å². The molecule has 1 atom stereocenters. The Labute approximate surface area is 110 Å². The standard InChI is InChI=1S/C13H14N2O2S/c1-2-7-17-11-5-3-4-10(9-11)12(16)15-13-14-6-8-18-13/h2-3,5-6,8-10H,1,4,7H2,(H,14,15,16). The van der Waals surface area contributed by atoms with E-state index in [1.54, 1.807) is 12.3 Å². The summed E-state index contributed by atoms with van der Waals surface area (Å²) >= 11 is 1.40. The van der Waals surface area contributed by atoms with Crippen molar-refractivity contribution in [3.8, 4) is 0 Å². The number of rotatable bonds is 5. The van der Waals surface area contributed by atoms with Crippen LogP contribution in [0.5, 0.6) is 0 Å². The molecule has 2 rings (SSSR count). The first-order valence-corrected chi connectivity index (χ1v) is 6.50. The van der Waals surface area contributed by atoms with Gasteiger partial charge in [0.15, 0.2) is 5.13 Å². The molecule has 1 amide bonds. The van der Waals surface area contributed by atoms with Gasteiger partial charge in [-0.05, 0) is 18.6 Å². The maximum atomic E-state index is 12.0. The number of nitrogens with zero attached hydrogens (tertiary/aromatic N) is 1. The molecule has 0 aliphatic heterocycles. The summed E-state index contributed by atoms with van der Waals surface area (Å²) < 4.78 is 5.41. The molecule has 1 aromatic rings. The highest BCUT2D eigenvalue weighted by Crippen LogP contribution is 2.20. The summed E-state index contributed by atoms with van der Waals surface area (Å²) in [5, 5.41) is 5.23. The van der Waals surface area contributed by atoms with Gasteiger partial charge in [0, 0.05) is 11.6 Å². The molecule has 0 saturated carbocycles. The monoisotopic (exact) mass is 262 g/mol. The number of ether oxygens (including phenoxy) is 1. The number of carbonyl (C=O) groups excluding carboxylic acids is 1. The normalized spacial score (nSPS) is 18.0. The zero-order valence-corrected chi connectivity index (χ0v) is 10.7. The molecule has 1 unspecified atom stereocenters. The van der Waals surface area contributed by atoms with Crippen molar-refractivity contribution >= 4 is 22.4 Å². The molecule has 1 heterocycles. The van der Waals surface area contributed by atoms with Crippen LogP contribution >= 0.6 is 11.3 Å². The van der Waals surface area contributed by atoms with Crippen LogP contribution in [-0.2, 0) is 9.53 Å². The Bertz CT molecular complexity index is 477. The topological polar surface area (TPSA) is 51.2 Å². The lowest BCUT2D eigenvalue weighted by Gasteiger charge is -2.15. The predicted molar refractivity (Wildman–Crippen MR) is 72.2 cm³/mol. The van der Waals surface area contributed by atoms with Crippen LogP contribution in [0.1, 0.15) is 6.42 Å². The first kappa shape index (κ1) is 12.6. The van der Waals surface area contributed by atoms with Crippen molar-refractivity contribution in [2.75, 3.05) is 11.9 Å². The molecular formula is C13H14N2O2S. The summed E-state index contributed by atoms with van der Waals surface area (Å²) in [6.07, 6.45) is 9.65. The van der Waals surface area contributed by atoms with Crippen LogP contribution in [0, 0.1) is 5.92 Å². The van der Waals surface area contributed by atoms with Gasteiger partial charge in [0.1, 0.15) is 12.4 Å². The third-order valence-electron chi connectivity index (χ3n) is 2.40. The molecule has 1 aliphatic rings.